The third-order valence-electron chi connectivity index (χ3n) is 7.15. The first-order valence-electron chi connectivity index (χ1n) is 13.3. The highest BCUT2D eigenvalue weighted by molar-refractivity contribution is 7.52. The van der Waals surface area contributed by atoms with Crippen molar-refractivity contribution in [2.45, 2.75) is 50.9 Å². The van der Waals surface area contributed by atoms with E-state index in [9.17, 15) is 19.6 Å². The van der Waals surface area contributed by atoms with Crippen molar-refractivity contribution >= 4 is 41.6 Å². The number of hydrogen-bond donors (Lipinski definition) is 4. The van der Waals surface area contributed by atoms with Crippen molar-refractivity contribution in [1.82, 2.24) is 24.6 Å². The summed E-state index contributed by atoms with van der Waals surface area (Å²) in [4.78, 5) is 24.3. The molecule has 1 fully saturated rings. The van der Waals surface area contributed by atoms with Crippen LogP contribution in [0.3, 0.4) is 0 Å². The summed E-state index contributed by atoms with van der Waals surface area (Å²) < 4.78 is 53.8. The van der Waals surface area contributed by atoms with Crippen LogP contribution in [-0.2, 0) is 18.6 Å². The number of aliphatic hydroxyl groups is 1. The Morgan fingerprint density at radius 3 is 2.67 bits per heavy atom. The second-order valence-corrected chi connectivity index (χ2v) is 12.3. The van der Waals surface area contributed by atoms with E-state index in [-0.39, 0.29) is 28.7 Å². The van der Waals surface area contributed by atoms with Crippen molar-refractivity contribution in [2.75, 3.05) is 19.5 Å². The number of ether oxygens (including phenoxy) is 2. The molecule has 230 valence electrons. The van der Waals surface area contributed by atoms with E-state index < -0.39 is 56.4 Å². The molecule has 43 heavy (non-hydrogen) atoms. The minimum absolute atomic E-state index is 0.0753. The summed E-state index contributed by atoms with van der Waals surface area (Å²) in [7, 11) is -3.13. The lowest BCUT2D eigenvalue weighted by Gasteiger charge is -2.27. The molecule has 0 amide bonds. The summed E-state index contributed by atoms with van der Waals surface area (Å²) in [5, 5.41) is 24.8. The highest BCUT2D eigenvalue weighted by atomic mass is 31.2. The number of aliphatic carboxylic acids is 1. The first-order chi connectivity index (χ1) is 20.3. The predicted octanol–water partition coefficient (Wildman–Crippen LogP) is 3.46. The van der Waals surface area contributed by atoms with Crippen molar-refractivity contribution in [2.24, 2.45) is 5.92 Å². The molecule has 0 bridgehead atoms. The third kappa shape index (κ3) is 5.86. The van der Waals surface area contributed by atoms with Gasteiger partial charge in [0.25, 0.3) is 0 Å². The lowest BCUT2D eigenvalue weighted by atomic mass is 9.98. The number of nitrogens with one attached hydrogen (secondary N) is 1. The van der Waals surface area contributed by atoms with Crippen LogP contribution >= 0.6 is 7.75 Å². The monoisotopic (exact) mass is 618 g/mol. The fraction of sp³-hybridized carbons (Fsp3) is 0.407. The number of fused-ring (bicyclic) bond motifs is 2. The molecule has 1 saturated heterocycles. The Bertz CT molecular complexity index is 1700. The number of anilines is 1. The van der Waals surface area contributed by atoms with E-state index in [0.717, 1.165) is 5.39 Å². The highest BCUT2D eigenvalue weighted by Gasteiger charge is 2.55. The van der Waals surface area contributed by atoms with Gasteiger partial charge >= 0.3 is 13.7 Å². The SMILES string of the molecule is COc1nc(N)nc2c1ncn2C1O[C@H](COP(=O)(NC(C(=O)O)C(C)C)Oc2cccc3ccccc23)[C@H](F)[C@@]1(C)O. The number of methoxy groups -OCH3 is 1. The number of carbonyl (C=O) groups is 1. The molecule has 5 rings (SSSR count). The number of rotatable bonds is 11. The molecule has 5 N–H and O–H groups in total. The quantitative estimate of drug-likeness (QED) is 0.179. The Hall–Kier alpha value is -3.88. The fourth-order valence-electron chi connectivity index (χ4n) is 4.90. The van der Waals surface area contributed by atoms with Crippen LogP contribution in [0.15, 0.2) is 48.8 Å². The molecule has 6 atom stereocenters. The van der Waals surface area contributed by atoms with Crippen LogP contribution in [0.1, 0.15) is 27.0 Å². The normalized spacial score (nSPS) is 24.3. The number of halogens is 1. The number of carboxylic acids is 1. The average Bonchev–Trinajstić information content (AvgIpc) is 3.47. The molecule has 14 nitrogen and oxygen atoms in total. The number of carboxylic acid groups (broad SMARTS) is 1. The van der Waals surface area contributed by atoms with Gasteiger partial charge in [0.1, 0.15) is 23.5 Å². The molecule has 1 aliphatic rings. The summed E-state index contributed by atoms with van der Waals surface area (Å²) in [6.45, 7) is 3.78. The molecule has 0 spiro atoms. The van der Waals surface area contributed by atoms with Gasteiger partial charge in [-0.3, -0.25) is 13.9 Å². The molecular weight excluding hydrogens is 586 g/mol. The van der Waals surface area contributed by atoms with Crippen molar-refractivity contribution in [3.8, 4) is 11.6 Å². The largest absolute Gasteiger partial charge is 0.480 e. The van der Waals surface area contributed by atoms with Gasteiger partial charge in [-0.1, -0.05) is 50.2 Å². The van der Waals surface area contributed by atoms with Crippen LogP contribution < -0.4 is 20.1 Å². The van der Waals surface area contributed by atoms with Gasteiger partial charge in [0.05, 0.1) is 20.0 Å². The number of nitrogen functional groups attached to an aromatic ring is 1. The van der Waals surface area contributed by atoms with E-state index in [1.54, 1.807) is 38.1 Å². The Morgan fingerprint density at radius 1 is 1.26 bits per heavy atom. The smallest absolute Gasteiger partial charge is 0.459 e. The van der Waals surface area contributed by atoms with Gasteiger partial charge < -0.3 is 29.9 Å². The van der Waals surface area contributed by atoms with Crippen LogP contribution in [0, 0.1) is 5.92 Å². The minimum Gasteiger partial charge on any atom is -0.480 e. The first-order valence-corrected chi connectivity index (χ1v) is 14.9. The molecule has 1 aliphatic heterocycles. The van der Waals surface area contributed by atoms with Crippen molar-refractivity contribution < 1.29 is 42.5 Å². The first kappa shape index (κ1) is 30.6. The van der Waals surface area contributed by atoms with Gasteiger partial charge in [-0.2, -0.15) is 15.1 Å². The number of benzene rings is 2. The maximum Gasteiger partial charge on any atom is 0.459 e. The molecule has 0 aliphatic carbocycles. The van der Waals surface area contributed by atoms with Crippen molar-refractivity contribution in [3.63, 3.8) is 0 Å². The number of nitrogens with two attached hydrogens (primary N) is 1. The lowest BCUT2D eigenvalue weighted by molar-refractivity contribution is -0.140. The van der Waals surface area contributed by atoms with Gasteiger partial charge in [0.15, 0.2) is 23.6 Å². The topological polar surface area (TPSA) is 193 Å². The van der Waals surface area contributed by atoms with Gasteiger partial charge in [-0.25, -0.2) is 13.9 Å². The number of hydrogen-bond acceptors (Lipinski definition) is 11. The zero-order valence-electron chi connectivity index (χ0n) is 23.7. The zero-order valence-corrected chi connectivity index (χ0v) is 24.6. The summed E-state index contributed by atoms with van der Waals surface area (Å²) in [6.07, 6.45) is -3.62. The molecule has 0 saturated carbocycles. The van der Waals surface area contributed by atoms with E-state index in [2.05, 4.69) is 20.0 Å². The Morgan fingerprint density at radius 2 is 1.98 bits per heavy atom. The van der Waals surface area contributed by atoms with Crippen LogP contribution in [0.5, 0.6) is 11.6 Å². The fourth-order valence-corrected chi connectivity index (χ4v) is 6.59. The van der Waals surface area contributed by atoms with Crippen LogP contribution in [-0.4, -0.2) is 73.3 Å². The van der Waals surface area contributed by atoms with E-state index in [1.165, 1.54) is 24.9 Å². The maximum absolute atomic E-state index is 15.7. The average molecular weight is 619 g/mol. The lowest BCUT2D eigenvalue weighted by Crippen LogP contribution is -2.42. The maximum atomic E-state index is 15.7. The highest BCUT2D eigenvalue weighted by Crippen LogP contribution is 2.49. The summed E-state index contributed by atoms with van der Waals surface area (Å²) >= 11 is 0. The summed E-state index contributed by atoms with van der Waals surface area (Å²) in [6, 6.07) is 10.9. The van der Waals surface area contributed by atoms with Gasteiger partial charge in [0.2, 0.25) is 11.8 Å². The molecule has 16 heteroatoms. The molecule has 0 radical (unpaired) electrons. The van der Waals surface area contributed by atoms with Crippen molar-refractivity contribution in [3.05, 3.63) is 48.8 Å². The summed E-state index contributed by atoms with van der Waals surface area (Å²) in [5.74, 6) is -1.71. The Labute approximate surface area is 245 Å². The molecule has 2 aromatic heterocycles. The van der Waals surface area contributed by atoms with Crippen LogP contribution in [0.2, 0.25) is 0 Å². The molecule has 3 unspecified atom stereocenters. The number of imidazole rings is 1. The number of alkyl halides is 1. The molecular formula is C27H32FN6O8P. The number of nitrogens with zero attached hydrogens (tertiary/aromatic N) is 4. The van der Waals surface area contributed by atoms with Crippen molar-refractivity contribution in [1.29, 1.82) is 0 Å². The third-order valence-corrected chi connectivity index (χ3v) is 8.67. The second kappa shape index (κ2) is 11.7. The molecule has 2 aromatic carbocycles. The van der Waals surface area contributed by atoms with E-state index in [4.69, 9.17) is 24.3 Å². The van der Waals surface area contributed by atoms with Crippen LogP contribution in [0.25, 0.3) is 21.9 Å². The minimum atomic E-state index is -4.50. The Kier molecular flexibility index (Phi) is 8.29. The zero-order chi connectivity index (χ0) is 31.1. The second-order valence-electron chi connectivity index (χ2n) is 10.6. The Balaban J connectivity index is 1.44. The summed E-state index contributed by atoms with van der Waals surface area (Å²) in [5.41, 5.74) is 3.98. The van der Waals surface area contributed by atoms with E-state index in [1.807, 2.05) is 18.2 Å². The van der Waals surface area contributed by atoms with Gasteiger partial charge in [-0.15, -0.1) is 0 Å². The molecule has 4 aromatic rings. The number of aromatic nitrogens is 4. The predicted molar refractivity (Wildman–Crippen MR) is 153 cm³/mol. The van der Waals surface area contributed by atoms with Crippen LogP contribution in [0.4, 0.5) is 10.3 Å². The van der Waals surface area contributed by atoms with E-state index in [0.29, 0.717) is 5.39 Å². The van der Waals surface area contributed by atoms with Gasteiger partial charge in [-0.05, 0) is 24.3 Å². The standard InChI is InChI=1S/C27H32FN6O8P/c1-14(2)19(24(35)36)33-43(38,42-17-11-7-9-15-8-5-6-10-16(15)17)40-12-18-21(28)27(3,37)25(41-18)34-13-30-20-22(34)31-26(29)32-23(20)39-4/h5-11,13-14,18-19,21,25,37H,12H2,1-4H3,(H,33,38)(H,35,36)(H2,29,31,32)/t18-,19?,21+,25?,27-,43?/m1/s1. The van der Waals surface area contributed by atoms with Gasteiger partial charge in [0, 0.05) is 5.39 Å². The molecule has 3 heterocycles. The van der Waals surface area contributed by atoms with E-state index >= 15 is 4.39 Å².